The highest BCUT2D eigenvalue weighted by atomic mass is 16.6. The van der Waals surface area contributed by atoms with Crippen molar-refractivity contribution in [1.29, 1.82) is 0 Å². The van der Waals surface area contributed by atoms with E-state index in [2.05, 4.69) is 5.92 Å². The lowest BCUT2D eigenvalue weighted by Crippen LogP contribution is -2.56. The zero-order chi connectivity index (χ0) is 15.7. The molecule has 1 saturated carbocycles. The minimum Gasteiger partial charge on any atom is -0.444 e. The highest BCUT2D eigenvalue weighted by Gasteiger charge is 2.53. The normalized spacial score (nSPS) is 26.4. The minimum absolute atomic E-state index is 0.255. The first-order chi connectivity index (χ1) is 9.79. The molecule has 0 radical (unpaired) electrons. The first-order valence-corrected chi connectivity index (χ1v) is 7.59. The molecule has 0 aromatic heterocycles. The van der Waals surface area contributed by atoms with Crippen molar-refractivity contribution in [2.24, 2.45) is 0 Å². The molecule has 0 aromatic carbocycles. The first kappa shape index (κ1) is 16.1. The third kappa shape index (κ3) is 3.33. The van der Waals surface area contributed by atoms with Gasteiger partial charge in [0.15, 0.2) is 0 Å². The largest absolute Gasteiger partial charge is 0.444 e. The zero-order valence-corrected chi connectivity index (χ0v) is 13.1. The molecule has 1 aliphatic carbocycles. The Morgan fingerprint density at radius 1 is 1.43 bits per heavy atom. The van der Waals surface area contributed by atoms with Crippen LogP contribution in [0.5, 0.6) is 0 Å². The van der Waals surface area contributed by atoms with Crippen LogP contribution in [0.15, 0.2) is 0 Å². The molecule has 21 heavy (non-hydrogen) atoms. The molecule has 2 atom stereocenters. The molecule has 1 amide bonds. The molecule has 0 aromatic rings. The summed E-state index contributed by atoms with van der Waals surface area (Å²) in [6.45, 7) is 5.72. The SMILES string of the molecule is C#CC(O)C1COC2(CCCCC2)N1C(=O)OC(C)(C)C. The maximum atomic E-state index is 12.6. The van der Waals surface area contributed by atoms with Crippen molar-refractivity contribution in [3.63, 3.8) is 0 Å². The maximum absolute atomic E-state index is 12.6. The molecule has 1 saturated heterocycles. The number of rotatable bonds is 1. The van der Waals surface area contributed by atoms with Gasteiger partial charge in [-0.25, -0.2) is 4.79 Å². The Balaban J connectivity index is 2.26. The highest BCUT2D eigenvalue weighted by molar-refractivity contribution is 5.70. The fraction of sp³-hybridized carbons (Fsp3) is 0.812. The smallest absolute Gasteiger partial charge is 0.413 e. The summed E-state index contributed by atoms with van der Waals surface area (Å²) in [6, 6.07) is -0.539. The van der Waals surface area contributed by atoms with Gasteiger partial charge in [-0.2, -0.15) is 0 Å². The summed E-state index contributed by atoms with van der Waals surface area (Å²) in [4.78, 5) is 14.2. The lowest BCUT2D eigenvalue weighted by atomic mass is 9.90. The molecular weight excluding hydrogens is 270 g/mol. The Morgan fingerprint density at radius 2 is 2.05 bits per heavy atom. The lowest BCUT2D eigenvalue weighted by molar-refractivity contribution is -0.110. The predicted octanol–water partition coefficient (Wildman–Crippen LogP) is 2.28. The van der Waals surface area contributed by atoms with Gasteiger partial charge in [0.2, 0.25) is 0 Å². The molecule has 5 nitrogen and oxygen atoms in total. The number of hydrogen-bond donors (Lipinski definition) is 1. The van der Waals surface area contributed by atoms with Crippen LogP contribution in [-0.4, -0.2) is 46.2 Å². The van der Waals surface area contributed by atoms with E-state index in [0.717, 1.165) is 32.1 Å². The molecule has 1 spiro atoms. The van der Waals surface area contributed by atoms with Gasteiger partial charge in [-0.15, -0.1) is 6.42 Å². The Morgan fingerprint density at radius 3 is 2.57 bits per heavy atom. The van der Waals surface area contributed by atoms with Crippen LogP contribution in [0.4, 0.5) is 4.79 Å². The molecular formula is C16H25NO4. The summed E-state index contributed by atoms with van der Waals surface area (Å²) >= 11 is 0. The van der Waals surface area contributed by atoms with E-state index in [-0.39, 0.29) is 6.61 Å². The second-order valence-electron chi connectivity index (χ2n) is 6.85. The highest BCUT2D eigenvalue weighted by Crippen LogP contribution is 2.41. The van der Waals surface area contributed by atoms with Crippen molar-refractivity contribution in [2.75, 3.05) is 6.61 Å². The Kier molecular flexibility index (Phi) is 4.50. The van der Waals surface area contributed by atoms with Crippen LogP contribution in [0, 0.1) is 12.3 Å². The predicted molar refractivity (Wildman–Crippen MR) is 78.5 cm³/mol. The van der Waals surface area contributed by atoms with E-state index in [0.29, 0.717) is 0 Å². The van der Waals surface area contributed by atoms with Gasteiger partial charge in [0.05, 0.1) is 12.6 Å². The second-order valence-corrected chi connectivity index (χ2v) is 6.85. The van der Waals surface area contributed by atoms with Crippen LogP contribution in [0.2, 0.25) is 0 Å². The van der Waals surface area contributed by atoms with Crippen molar-refractivity contribution in [1.82, 2.24) is 4.90 Å². The van der Waals surface area contributed by atoms with E-state index in [4.69, 9.17) is 15.9 Å². The summed E-state index contributed by atoms with van der Waals surface area (Å²) < 4.78 is 11.4. The van der Waals surface area contributed by atoms with Crippen molar-refractivity contribution in [3.8, 4) is 12.3 Å². The molecule has 1 heterocycles. The summed E-state index contributed by atoms with van der Waals surface area (Å²) in [5.74, 6) is 2.30. The number of terminal acetylenes is 1. The van der Waals surface area contributed by atoms with Crippen LogP contribution in [0.1, 0.15) is 52.9 Å². The van der Waals surface area contributed by atoms with E-state index in [1.807, 2.05) is 20.8 Å². The lowest BCUT2D eigenvalue weighted by Gasteiger charge is -2.42. The number of nitrogens with zero attached hydrogens (tertiary/aromatic N) is 1. The molecule has 1 N–H and O–H groups in total. The molecule has 1 aliphatic heterocycles. The van der Waals surface area contributed by atoms with E-state index in [1.54, 1.807) is 4.90 Å². The van der Waals surface area contributed by atoms with E-state index < -0.39 is 29.6 Å². The van der Waals surface area contributed by atoms with Gasteiger partial charge in [-0.05, 0) is 46.5 Å². The number of ether oxygens (including phenoxy) is 2. The van der Waals surface area contributed by atoms with Crippen LogP contribution in [0.25, 0.3) is 0 Å². The molecule has 2 aliphatic rings. The van der Waals surface area contributed by atoms with Gasteiger partial charge in [-0.3, -0.25) is 4.90 Å². The number of aliphatic hydroxyl groups is 1. The van der Waals surface area contributed by atoms with E-state index >= 15 is 0 Å². The summed E-state index contributed by atoms with van der Waals surface area (Å²) in [6.07, 6.45) is 8.48. The fourth-order valence-corrected chi connectivity index (χ4v) is 3.13. The van der Waals surface area contributed by atoms with Crippen molar-refractivity contribution >= 4 is 6.09 Å². The van der Waals surface area contributed by atoms with Gasteiger partial charge in [0, 0.05) is 0 Å². The molecule has 2 fully saturated rings. The number of hydrogen-bond acceptors (Lipinski definition) is 4. The van der Waals surface area contributed by atoms with Gasteiger partial charge < -0.3 is 14.6 Å². The van der Waals surface area contributed by atoms with Crippen LogP contribution < -0.4 is 0 Å². The van der Waals surface area contributed by atoms with Crippen LogP contribution >= 0.6 is 0 Å². The Bertz CT molecular complexity index is 429. The number of carbonyl (C=O) groups excluding carboxylic acids is 1. The summed E-state index contributed by atoms with van der Waals surface area (Å²) in [7, 11) is 0. The first-order valence-electron chi connectivity index (χ1n) is 7.59. The van der Waals surface area contributed by atoms with Crippen LogP contribution in [0.3, 0.4) is 0 Å². The quantitative estimate of drug-likeness (QED) is 0.754. The summed E-state index contributed by atoms with van der Waals surface area (Å²) in [5.41, 5.74) is -1.26. The zero-order valence-electron chi connectivity index (χ0n) is 13.1. The van der Waals surface area contributed by atoms with Gasteiger partial charge in [0.25, 0.3) is 0 Å². The maximum Gasteiger partial charge on any atom is 0.413 e. The van der Waals surface area contributed by atoms with E-state index in [9.17, 15) is 9.90 Å². The Hall–Kier alpha value is -1.25. The topological polar surface area (TPSA) is 59.0 Å². The number of amides is 1. The average molecular weight is 295 g/mol. The molecule has 0 bridgehead atoms. The van der Waals surface area contributed by atoms with Gasteiger partial charge in [0.1, 0.15) is 17.4 Å². The molecule has 2 unspecified atom stereocenters. The monoisotopic (exact) mass is 295 g/mol. The third-order valence-electron chi connectivity index (χ3n) is 4.05. The molecule has 118 valence electrons. The van der Waals surface area contributed by atoms with Gasteiger partial charge >= 0.3 is 6.09 Å². The average Bonchev–Trinajstić information content (AvgIpc) is 2.76. The minimum atomic E-state index is -1.04. The van der Waals surface area contributed by atoms with Crippen molar-refractivity contribution < 1.29 is 19.4 Å². The number of carbonyl (C=O) groups is 1. The standard InChI is InChI=1S/C16H25NO4/c1-5-13(18)12-11-20-16(9-7-6-8-10-16)17(12)14(19)21-15(2,3)4/h1,12-13,18H,6-11H2,2-4H3. The second kappa shape index (κ2) is 5.86. The summed E-state index contributed by atoms with van der Waals surface area (Å²) in [5, 5.41) is 10.0. The molecule has 5 heteroatoms. The Labute approximate surface area is 126 Å². The number of aliphatic hydroxyl groups excluding tert-OH is 1. The molecule has 2 rings (SSSR count). The van der Waals surface area contributed by atoms with Crippen molar-refractivity contribution in [2.45, 2.75) is 76.3 Å². The fourth-order valence-electron chi connectivity index (χ4n) is 3.13. The van der Waals surface area contributed by atoms with Crippen LogP contribution in [-0.2, 0) is 9.47 Å². The van der Waals surface area contributed by atoms with Gasteiger partial charge in [-0.1, -0.05) is 12.3 Å². The third-order valence-corrected chi connectivity index (χ3v) is 4.05. The van der Waals surface area contributed by atoms with E-state index in [1.165, 1.54) is 0 Å². The van der Waals surface area contributed by atoms with Crippen molar-refractivity contribution in [3.05, 3.63) is 0 Å².